The Morgan fingerprint density at radius 2 is 2.19 bits per heavy atom. The number of aromatic nitrogens is 1. The van der Waals surface area contributed by atoms with Gasteiger partial charge in [-0.05, 0) is 40.0 Å². The van der Waals surface area contributed by atoms with Crippen molar-refractivity contribution in [2.45, 2.75) is 58.2 Å². The van der Waals surface area contributed by atoms with Gasteiger partial charge in [0.15, 0.2) is 0 Å². The zero-order valence-electron chi connectivity index (χ0n) is 10.2. The van der Waals surface area contributed by atoms with Crippen LogP contribution in [0, 0.1) is 13.8 Å². The Morgan fingerprint density at radius 3 is 2.69 bits per heavy atom. The second-order valence-corrected chi connectivity index (χ2v) is 4.73. The van der Waals surface area contributed by atoms with Crippen LogP contribution >= 0.6 is 0 Å². The van der Waals surface area contributed by atoms with Crippen LogP contribution in [-0.2, 0) is 0 Å². The third kappa shape index (κ3) is 2.13. The van der Waals surface area contributed by atoms with E-state index in [0.29, 0.717) is 0 Å². The second kappa shape index (κ2) is 4.55. The van der Waals surface area contributed by atoms with Crippen LogP contribution in [0.15, 0.2) is 4.52 Å². The molecule has 0 amide bonds. The highest BCUT2D eigenvalue weighted by molar-refractivity contribution is 5.24. The first-order chi connectivity index (χ1) is 7.59. The molecule has 1 unspecified atom stereocenters. The van der Waals surface area contributed by atoms with Gasteiger partial charge in [0.05, 0.1) is 11.8 Å². The number of rotatable bonds is 3. The van der Waals surface area contributed by atoms with E-state index in [1.165, 1.54) is 0 Å². The van der Waals surface area contributed by atoms with Gasteiger partial charge in [0.1, 0.15) is 5.76 Å². The Bertz CT molecular complexity index is 342. The molecule has 1 aromatic rings. The molecule has 0 bridgehead atoms. The van der Waals surface area contributed by atoms with E-state index in [-0.39, 0.29) is 18.2 Å². The number of nitrogens with one attached hydrogen (secondary N) is 1. The average Bonchev–Trinajstić information content (AvgIpc) is 2.75. The van der Waals surface area contributed by atoms with Crippen molar-refractivity contribution < 1.29 is 9.63 Å². The van der Waals surface area contributed by atoms with Crippen molar-refractivity contribution in [1.29, 1.82) is 0 Å². The maximum atomic E-state index is 9.77. The van der Waals surface area contributed by atoms with Crippen LogP contribution in [0.1, 0.15) is 49.2 Å². The summed E-state index contributed by atoms with van der Waals surface area (Å²) in [4.78, 5) is 0. The quantitative estimate of drug-likeness (QED) is 0.822. The van der Waals surface area contributed by atoms with Crippen LogP contribution in [0.5, 0.6) is 0 Å². The fraction of sp³-hybridized carbons (Fsp3) is 0.750. The molecule has 1 saturated carbocycles. The summed E-state index contributed by atoms with van der Waals surface area (Å²) in [5.41, 5.74) is 2.06. The van der Waals surface area contributed by atoms with Crippen LogP contribution in [0.2, 0.25) is 0 Å². The van der Waals surface area contributed by atoms with Gasteiger partial charge in [-0.15, -0.1) is 0 Å². The van der Waals surface area contributed by atoms with E-state index >= 15 is 0 Å². The zero-order valence-corrected chi connectivity index (χ0v) is 10.2. The lowest BCUT2D eigenvalue weighted by molar-refractivity contribution is 0.144. The van der Waals surface area contributed by atoms with Crippen molar-refractivity contribution in [2.75, 3.05) is 0 Å². The molecule has 0 aromatic carbocycles. The minimum Gasteiger partial charge on any atom is -0.392 e. The van der Waals surface area contributed by atoms with E-state index in [1.54, 1.807) is 0 Å². The summed E-state index contributed by atoms with van der Waals surface area (Å²) in [7, 11) is 0. The van der Waals surface area contributed by atoms with Crippen molar-refractivity contribution in [2.24, 2.45) is 0 Å². The van der Waals surface area contributed by atoms with Crippen molar-refractivity contribution >= 4 is 0 Å². The molecule has 90 valence electrons. The number of aryl methyl sites for hydroxylation is 2. The zero-order chi connectivity index (χ0) is 11.7. The minimum absolute atomic E-state index is 0.184. The van der Waals surface area contributed by atoms with Gasteiger partial charge in [0.2, 0.25) is 0 Å². The predicted molar refractivity (Wildman–Crippen MR) is 61.2 cm³/mol. The van der Waals surface area contributed by atoms with Gasteiger partial charge in [-0.2, -0.15) is 0 Å². The third-order valence-corrected chi connectivity index (χ3v) is 3.47. The summed E-state index contributed by atoms with van der Waals surface area (Å²) in [6.07, 6.45) is 2.86. The van der Waals surface area contributed by atoms with Crippen molar-refractivity contribution in [3.63, 3.8) is 0 Å². The van der Waals surface area contributed by atoms with Gasteiger partial charge >= 0.3 is 0 Å². The second-order valence-electron chi connectivity index (χ2n) is 4.73. The van der Waals surface area contributed by atoms with Gasteiger partial charge < -0.3 is 14.9 Å². The first-order valence-electron chi connectivity index (χ1n) is 5.96. The molecule has 16 heavy (non-hydrogen) atoms. The molecule has 1 aromatic heterocycles. The van der Waals surface area contributed by atoms with Crippen LogP contribution in [0.4, 0.5) is 0 Å². The van der Waals surface area contributed by atoms with Crippen molar-refractivity contribution in [3.8, 4) is 0 Å². The lowest BCUT2D eigenvalue weighted by Gasteiger charge is -2.22. The normalized spacial score (nSPS) is 27.2. The molecule has 4 nitrogen and oxygen atoms in total. The summed E-state index contributed by atoms with van der Waals surface area (Å²) in [6.45, 7) is 5.98. The fourth-order valence-electron chi connectivity index (χ4n) is 2.65. The summed E-state index contributed by atoms with van der Waals surface area (Å²) in [5, 5.41) is 17.2. The fourth-order valence-corrected chi connectivity index (χ4v) is 2.65. The molecule has 1 aliphatic carbocycles. The molecule has 0 aliphatic heterocycles. The van der Waals surface area contributed by atoms with Crippen molar-refractivity contribution in [3.05, 3.63) is 17.0 Å². The van der Waals surface area contributed by atoms with Gasteiger partial charge in [-0.25, -0.2) is 0 Å². The highest BCUT2D eigenvalue weighted by atomic mass is 16.5. The summed E-state index contributed by atoms with van der Waals surface area (Å²) < 4.78 is 5.16. The lowest BCUT2D eigenvalue weighted by Crippen LogP contribution is -2.37. The smallest absolute Gasteiger partial charge is 0.138 e. The maximum absolute atomic E-state index is 9.77. The lowest BCUT2D eigenvalue weighted by atomic mass is 10.1. The van der Waals surface area contributed by atoms with Crippen molar-refractivity contribution in [1.82, 2.24) is 10.5 Å². The first kappa shape index (κ1) is 11.6. The van der Waals surface area contributed by atoms with E-state index in [9.17, 15) is 5.11 Å². The van der Waals surface area contributed by atoms with E-state index in [4.69, 9.17) is 4.52 Å². The van der Waals surface area contributed by atoms with Crippen LogP contribution in [0.3, 0.4) is 0 Å². The third-order valence-electron chi connectivity index (χ3n) is 3.47. The van der Waals surface area contributed by atoms with Gasteiger partial charge in [0, 0.05) is 17.6 Å². The monoisotopic (exact) mass is 224 g/mol. The summed E-state index contributed by atoms with van der Waals surface area (Å²) in [5.74, 6) is 0.866. The van der Waals surface area contributed by atoms with Gasteiger partial charge in [-0.1, -0.05) is 5.16 Å². The molecule has 0 radical (unpaired) electrons. The van der Waals surface area contributed by atoms with Gasteiger partial charge in [-0.3, -0.25) is 0 Å². The Hall–Kier alpha value is -0.870. The van der Waals surface area contributed by atoms with Crippen LogP contribution in [-0.4, -0.2) is 22.4 Å². The van der Waals surface area contributed by atoms with E-state index in [0.717, 1.165) is 36.3 Å². The first-order valence-corrected chi connectivity index (χ1v) is 5.96. The Balaban J connectivity index is 2.05. The number of aliphatic hydroxyl groups is 1. The topological polar surface area (TPSA) is 58.3 Å². The van der Waals surface area contributed by atoms with E-state index in [2.05, 4.69) is 17.4 Å². The molecule has 3 atom stereocenters. The summed E-state index contributed by atoms with van der Waals surface area (Å²) in [6, 6.07) is 0.396. The number of nitrogens with zero attached hydrogens (tertiary/aromatic N) is 1. The molecular weight excluding hydrogens is 204 g/mol. The Kier molecular flexibility index (Phi) is 3.30. The maximum Gasteiger partial charge on any atom is 0.138 e. The molecular formula is C12H20N2O2. The van der Waals surface area contributed by atoms with Gasteiger partial charge in [0.25, 0.3) is 0 Å². The van der Waals surface area contributed by atoms with E-state index in [1.807, 2.05) is 13.8 Å². The Morgan fingerprint density at radius 1 is 1.44 bits per heavy atom. The molecule has 2 rings (SSSR count). The molecule has 1 heterocycles. The number of aliphatic hydroxyl groups excluding tert-OH is 1. The number of hydrogen-bond acceptors (Lipinski definition) is 4. The minimum atomic E-state index is -0.206. The molecule has 4 heteroatoms. The predicted octanol–water partition coefficient (Wildman–Crippen LogP) is 1.86. The standard InChI is InChI=1S/C12H20N2O2/c1-7(12-8(2)14-16-9(12)3)13-10-5-4-6-11(10)15/h7,10-11,13,15H,4-6H2,1-3H3/t7?,10-,11-/m1/s1. The molecule has 0 spiro atoms. The average molecular weight is 224 g/mol. The molecule has 1 fully saturated rings. The summed E-state index contributed by atoms with van der Waals surface area (Å²) >= 11 is 0. The molecule has 1 aliphatic rings. The number of hydrogen-bond donors (Lipinski definition) is 2. The largest absolute Gasteiger partial charge is 0.392 e. The molecule has 2 N–H and O–H groups in total. The SMILES string of the molecule is Cc1noc(C)c1C(C)N[C@@H]1CCC[C@H]1O. The molecule has 0 saturated heterocycles. The highest BCUT2D eigenvalue weighted by Crippen LogP contribution is 2.25. The van der Waals surface area contributed by atoms with Crippen LogP contribution in [0.25, 0.3) is 0 Å². The van der Waals surface area contributed by atoms with Crippen LogP contribution < -0.4 is 5.32 Å². The highest BCUT2D eigenvalue weighted by Gasteiger charge is 2.28. The Labute approximate surface area is 96.0 Å². The van der Waals surface area contributed by atoms with E-state index < -0.39 is 0 Å².